The Hall–Kier alpha value is -3.07. The summed E-state index contributed by atoms with van der Waals surface area (Å²) in [6, 6.07) is 20.4. The lowest BCUT2D eigenvalue weighted by molar-refractivity contribution is -0.140. The molecular weight excluding hydrogens is 569 g/mol. The molecule has 10 heteroatoms. The lowest BCUT2D eigenvalue weighted by Crippen LogP contribution is -2.53. The van der Waals surface area contributed by atoms with E-state index in [1.54, 1.807) is 43.3 Å². The maximum atomic E-state index is 14.1. The highest BCUT2D eigenvalue weighted by Gasteiger charge is 2.33. The number of unbranched alkanes of at least 4 members (excludes halogenated alkanes) is 1. The first-order valence-electron chi connectivity index (χ1n) is 13.1. The number of hydrogen-bond donors (Lipinski definition) is 1. The lowest BCUT2D eigenvalue weighted by Gasteiger charge is -2.33. The van der Waals surface area contributed by atoms with Crippen molar-refractivity contribution >= 4 is 50.7 Å². The van der Waals surface area contributed by atoms with Crippen LogP contribution in [0.4, 0.5) is 5.69 Å². The summed E-state index contributed by atoms with van der Waals surface area (Å²) < 4.78 is 26.8. The Morgan fingerprint density at radius 3 is 2.25 bits per heavy atom. The van der Waals surface area contributed by atoms with Gasteiger partial charge in [-0.05, 0) is 48.2 Å². The van der Waals surface area contributed by atoms with Crippen molar-refractivity contribution in [2.75, 3.05) is 23.7 Å². The van der Waals surface area contributed by atoms with Crippen molar-refractivity contribution in [1.29, 1.82) is 0 Å². The van der Waals surface area contributed by atoms with Gasteiger partial charge in [-0.15, -0.1) is 0 Å². The molecule has 0 aromatic heterocycles. The molecule has 0 saturated carbocycles. The molecule has 0 saturated heterocycles. The second-order valence-electron chi connectivity index (χ2n) is 9.67. The molecule has 0 bridgehead atoms. The van der Waals surface area contributed by atoms with Crippen LogP contribution < -0.4 is 9.62 Å². The number of benzene rings is 3. The van der Waals surface area contributed by atoms with E-state index in [0.29, 0.717) is 22.2 Å². The van der Waals surface area contributed by atoms with Crippen LogP contribution in [0.15, 0.2) is 72.8 Å². The first-order chi connectivity index (χ1) is 19.0. The molecule has 0 aliphatic carbocycles. The second kappa shape index (κ2) is 14.5. The Kier molecular flexibility index (Phi) is 11.4. The Morgan fingerprint density at radius 2 is 1.62 bits per heavy atom. The number of halogens is 2. The van der Waals surface area contributed by atoms with Gasteiger partial charge in [0.1, 0.15) is 12.6 Å². The van der Waals surface area contributed by atoms with Crippen molar-refractivity contribution in [1.82, 2.24) is 10.2 Å². The normalized spacial score (nSPS) is 12.0. The van der Waals surface area contributed by atoms with E-state index in [9.17, 15) is 18.0 Å². The standard InChI is InChI=1S/C30H35Cl2N3O4S/c1-4-5-17-33-30(37)28(18-23-11-7-6-8-12-23)34(20-24-13-9-10-14-26(24)31)29(36)21-35(40(3,38)39)25-16-15-22(2)27(32)19-25/h6-16,19,28H,4-5,17-18,20-21H2,1-3H3,(H,33,37). The summed E-state index contributed by atoms with van der Waals surface area (Å²) in [5.41, 5.74) is 2.54. The Balaban J connectivity index is 2.05. The number of anilines is 1. The van der Waals surface area contributed by atoms with Crippen LogP contribution in [0.2, 0.25) is 10.0 Å². The zero-order chi connectivity index (χ0) is 29.3. The summed E-state index contributed by atoms with van der Waals surface area (Å²) in [6.45, 7) is 3.79. The maximum Gasteiger partial charge on any atom is 0.244 e. The molecule has 214 valence electrons. The number of nitrogens with zero attached hydrogens (tertiary/aromatic N) is 2. The number of amides is 2. The smallest absolute Gasteiger partial charge is 0.244 e. The first kappa shape index (κ1) is 31.5. The quantitative estimate of drug-likeness (QED) is 0.257. The monoisotopic (exact) mass is 603 g/mol. The van der Waals surface area contributed by atoms with Gasteiger partial charge in [0.15, 0.2) is 0 Å². The van der Waals surface area contributed by atoms with Crippen LogP contribution in [0.3, 0.4) is 0 Å². The molecule has 1 N–H and O–H groups in total. The molecule has 1 unspecified atom stereocenters. The van der Waals surface area contributed by atoms with Crippen molar-refractivity contribution in [2.24, 2.45) is 0 Å². The molecule has 7 nitrogen and oxygen atoms in total. The number of nitrogens with one attached hydrogen (secondary N) is 1. The molecule has 1 atom stereocenters. The summed E-state index contributed by atoms with van der Waals surface area (Å²) in [5, 5.41) is 3.77. The van der Waals surface area contributed by atoms with E-state index in [4.69, 9.17) is 23.2 Å². The fraction of sp³-hybridized carbons (Fsp3) is 0.333. The van der Waals surface area contributed by atoms with Crippen molar-refractivity contribution in [3.63, 3.8) is 0 Å². The Labute approximate surface area is 247 Å². The average molecular weight is 605 g/mol. The topological polar surface area (TPSA) is 86.8 Å². The molecule has 0 radical (unpaired) electrons. The fourth-order valence-corrected chi connectivity index (χ4v) is 5.43. The minimum absolute atomic E-state index is 0.0173. The van der Waals surface area contributed by atoms with Gasteiger partial charge in [0.25, 0.3) is 0 Å². The summed E-state index contributed by atoms with van der Waals surface area (Å²) in [4.78, 5) is 29.1. The molecule has 40 heavy (non-hydrogen) atoms. The van der Waals surface area contributed by atoms with E-state index in [0.717, 1.165) is 34.5 Å². The first-order valence-corrected chi connectivity index (χ1v) is 15.7. The molecule has 0 spiro atoms. The van der Waals surface area contributed by atoms with Crippen molar-refractivity contribution in [3.8, 4) is 0 Å². The van der Waals surface area contributed by atoms with Gasteiger partial charge in [0.05, 0.1) is 11.9 Å². The van der Waals surface area contributed by atoms with Gasteiger partial charge >= 0.3 is 0 Å². The van der Waals surface area contributed by atoms with E-state index >= 15 is 0 Å². The summed E-state index contributed by atoms with van der Waals surface area (Å²) in [7, 11) is -3.88. The van der Waals surface area contributed by atoms with E-state index in [2.05, 4.69) is 5.32 Å². The Bertz CT molecular complexity index is 1420. The number of rotatable bonds is 13. The highest BCUT2D eigenvalue weighted by molar-refractivity contribution is 7.92. The summed E-state index contributed by atoms with van der Waals surface area (Å²) in [6.07, 6.45) is 2.96. The number of hydrogen-bond acceptors (Lipinski definition) is 4. The van der Waals surface area contributed by atoms with Crippen molar-refractivity contribution in [3.05, 3.63) is 99.5 Å². The lowest BCUT2D eigenvalue weighted by atomic mass is 10.0. The minimum Gasteiger partial charge on any atom is -0.354 e. The molecule has 2 amide bonds. The van der Waals surface area contributed by atoms with E-state index in [1.807, 2.05) is 37.3 Å². The molecule has 3 rings (SSSR count). The molecule has 0 aliphatic rings. The molecular formula is C30H35Cl2N3O4S. The van der Waals surface area contributed by atoms with Crippen molar-refractivity contribution < 1.29 is 18.0 Å². The molecule has 3 aromatic carbocycles. The van der Waals surface area contributed by atoms with Crippen LogP contribution in [0.5, 0.6) is 0 Å². The fourth-order valence-electron chi connectivity index (χ4n) is 4.22. The molecule has 0 heterocycles. The van der Waals surface area contributed by atoms with Gasteiger partial charge in [-0.3, -0.25) is 13.9 Å². The zero-order valence-electron chi connectivity index (χ0n) is 22.9. The van der Waals surface area contributed by atoms with Gasteiger partial charge < -0.3 is 10.2 Å². The van der Waals surface area contributed by atoms with E-state index in [-0.39, 0.29) is 24.6 Å². The molecule has 0 aliphatic heterocycles. The average Bonchev–Trinajstić information content (AvgIpc) is 2.91. The number of aryl methyl sites for hydroxylation is 1. The van der Waals surface area contributed by atoms with Crippen LogP contribution in [0.1, 0.15) is 36.5 Å². The number of sulfonamides is 1. The largest absolute Gasteiger partial charge is 0.354 e. The highest BCUT2D eigenvalue weighted by atomic mass is 35.5. The second-order valence-corrected chi connectivity index (χ2v) is 12.4. The van der Waals surface area contributed by atoms with Gasteiger partial charge in [0.2, 0.25) is 21.8 Å². The molecule has 0 fully saturated rings. The third-order valence-electron chi connectivity index (χ3n) is 6.52. The predicted octanol–water partition coefficient (Wildman–Crippen LogP) is 5.62. The van der Waals surface area contributed by atoms with Gasteiger partial charge in [-0.25, -0.2) is 8.42 Å². The molecule has 3 aromatic rings. The van der Waals surface area contributed by atoms with E-state index in [1.165, 1.54) is 11.0 Å². The van der Waals surface area contributed by atoms with Crippen LogP contribution in [0, 0.1) is 6.92 Å². The van der Waals surface area contributed by atoms with Gasteiger partial charge in [0, 0.05) is 29.6 Å². The van der Waals surface area contributed by atoms with Crippen LogP contribution in [0.25, 0.3) is 0 Å². The maximum absolute atomic E-state index is 14.1. The highest BCUT2D eigenvalue weighted by Crippen LogP contribution is 2.26. The van der Waals surface area contributed by atoms with Crippen molar-refractivity contribution in [2.45, 2.75) is 45.7 Å². The third-order valence-corrected chi connectivity index (χ3v) is 8.44. The zero-order valence-corrected chi connectivity index (χ0v) is 25.3. The minimum atomic E-state index is -3.88. The Morgan fingerprint density at radius 1 is 0.950 bits per heavy atom. The van der Waals surface area contributed by atoms with Crippen LogP contribution in [-0.4, -0.2) is 50.5 Å². The van der Waals surface area contributed by atoms with Gasteiger partial charge in [-0.1, -0.05) is 91.1 Å². The predicted molar refractivity (Wildman–Crippen MR) is 162 cm³/mol. The van der Waals surface area contributed by atoms with Crippen LogP contribution >= 0.6 is 23.2 Å². The van der Waals surface area contributed by atoms with Crippen LogP contribution in [-0.2, 0) is 32.6 Å². The third kappa shape index (κ3) is 8.71. The number of carbonyl (C=O) groups is 2. The summed E-state index contributed by atoms with van der Waals surface area (Å²) >= 11 is 12.8. The van der Waals surface area contributed by atoms with E-state index < -0.39 is 28.5 Å². The summed E-state index contributed by atoms with van der Waals surface area (Å²) in [5.74, 6) is -0.865. The van der Waals surface area contributed by atoms with Gasteiger partial charge in [-0.2, -0.15) is 0 Å². The number of carbonyl (C=O) groups excluding carboxylic acids is 2. The SMILES string of the molecule is CCCCNC(=O)C(Cc1ccccc1)N(Cc1ccccc1Cl)C(=O)CN(c1ccc(C)c(Cl)c1)S(C)(=O)=O.